The minimum atomic E-state index is 0.347. The predicted molar refractivity (Wildman–Crippen MR) is 80.3 cm³/mol. The third kappa shape index (κ3) is 3.50. The van der Waals surface area contributed by atoms with E-state index in [-0.39, 0.29) is 0 Å². The Labute approximate surface area is 117 Å². The van der Waals surface area contributed by atoms with E-state index in [1.807, 2.05) is 12.1 Å². The molecule has 1 aromatic carbocycles. The highest BCUT2D eigenvalue weighted by atomic mass is 16.3. The largest absolute Gasteiger partial charge is 0.508 e. The van der Waals surface area contributed by atoms with Crippen molar-refractivity contribution in [2.75, 3.05) is 6.54 Å². The summed E-state index contributed by atoms with van der Waals surface area (Å²) in [5.41, 5.74) is 1.81. The normalized spacial score (nSPS) is 19.5. The van der Waals surface area contributed by atoms with Gasteiger partial charge in [0.15, 0.2) is 0 Å². The zero-order valence-electron chi connectivity index (χ0n) is 12.3. The third-order valence-electron chi connectivity index (χ3n) is 4.84. The van der Waals surface area contributed by atoms with Gasteiger partial charge < -0.3 is 10.4 Å². The van der Waals surface area contributed by atoms with E-state index in [1.54, 1.807) is 12.1 Å². The average Bonchev–Trinajstić information content (AvgIpc) is 2.91. The number of hydrogen-bond acceptors (Lipinski definition) is 2. The minimum absolute atomic E-state index is 0.347. The highest BCUT2D eigenvalue weighted by molar-refractivity contribution is 5.28. The van der Waals surface area contributed by atoms with Crippen LogP contribution in [0.5, 0.6) is 5.75 Å². The van der Waals surface area contributed by atoms with Crippen molar-refractivity contribution in [1.29, 1.82) is 0 Å². The summed E-state index contributed by atoms with van der Waals surface area (Å²) in [6.45, 7) is 5.68. The summed E-state index contributed by atoms with van der Waals surface area (Å²) in [7, 11) is 0. The zero-order valence-corrected chi connectivity index (χ0v) is 12.3. The molecular formula is C17H27NO. The Balaban J connectivity index is 1.97. The molecule has 0 aliphatic heterocycles. The first-order valence-corrected chi connectivity index (χ1v) is 7.71. The van der Waals surface area contributed by atoms with Crippen LogP contribution in [0.15, 0.2) is 24.3 Å². The van der Waals surface area contributed by atoms with E-state index in [9.17, 15) is 5.11 Å². The molecule has 1 atom stereocenters. The quantitative estimate of drug-likeness (QED) is 0.795. The summed E-state index contributed by atoms with van der Waals surface area (Å²) in [6.07, 6.45) is 7.92. The summed E-state index contributed by atoms with van der Waals surface area (Å²) in [4.78, 5) is 0. The lowest BCUT2D eigenvalue weighted by molar-refractivity contribution is 0.254. The van der Waals surface area contributed by atoms with Gasteiger partial charge in [-0.3, -0.25) is 0 Å². The summed E-state index contributed by atoms with van der Waals surface area (Å²) < 4.78 is 0. The van der Waals surface area contributed by atoms with Crippen molar-refractivity contribution in [2.45, 2.75) is 58.4 Å². The molecule has 0 amide bonds. The van der Waals surface area contributed by atoms with Gasteiger partial charge in [0.25, 0.3) is 0 Å². The van der Waals surface area contributed by atoms with Crippen LogP contribution in [0.3, 0.4) is 0 Å². The van der Waals surface area contributed by atoms with Crippen LogP contribution in [0.25, 0.3) is 0 Å². The Bertz CT molecular complexity index is 379. The maximum Gasteiger partial charge on any atom is 0.115 e. The minimum Gasteiger partial charge on any atom is -0.508 e. The van der Waals surface area contributed by atoms with Crippen molar-refractivity contribution in [2.24, 2.45) is 5.41 Å². The van der Waals surface area contributed by atoms with E-state index in [0.29, 0.717) is 17.2 Å². The first kappa shape index (κ1) is 14.4. The van der Waals surface area contributed by atoms with Crippen LogP contribution in [0, 0.1) is 5.41 Å². The second kappa shape index (κ2) is 6.42. The Morgan fingerprint density at radius 2 is 1.79 bits per heavy atom. The van der Waals surface area contributed by atoms with Gasteiger partial charge >= 0.3 is 0 Å². The average molecular weight is 261 g/mol. The number of benzene rings is 1. The zero-order chi connectivity index (χ0) is 13.7. The summed E-state index contributed by atoms with van der Waals surface area (Å²) in [5, 5.41) is 13.1. The number of hydrogen-bond donors (Lipinski definition) is 2. The van der Waals surface area contributed by atoms with E-state index < -0.39 is 0 Å². The number of phenols is 1. The first-order chi connectivity index (χ1) is 9.19. The van der Waals surface area contributed by atoms with Gasteiger partial charge in [0, 0.05) is 12.6 Å². The van der Waals surface area contributed by atoms with Gasteiger partial charge in [0.1, 0.15) is 5.75 Å². The van der Waals surface area contributed by atoms with Crippen LogP contribution >= 0.6 is 0 Å². The Morgan fingerprint density at radius 1 is 1.16 bits per heavy atom. The molecule has 2 N–H and O–H groups in total. The Kier molecular flexibility index (Phi) is 4.87. The van der Waals surface area contributed by atoms with Crippen molar-refractivity contribution in [3.8, 4) is 5.75 Å². The molecule has 1 unspecified atom stereocenters. The van der Waals surface area contributed by atoms with Gasteiger partial charge in [-0.15, -0.1) is 0 Å². The molecule has 2 rings (SSSR count). The van der Waals surface area contributed by atoms with Crippen molar-refractivity contribution in [3.05, 3.63) is 29.8 Å². The molecule has 19 heavy (non-hydrogen) atoms. The smallest absolute Gasteiger partial charge is 0.115 e. The van der Waals surface area contributed by atoms with Crippen molar-refractivity contribution in [3.63, 3.8) is 0 Å². The van der Waals surface area contributed by atoms with Gasteiger partial charge in [-0.05, 0) is 48.8 Å². The summed E-state index contributed by atoms with van der Waals surface area (Å²) in [6, 6.07) is 8.04. The molecule has 0 saturated heterocycles. The van der Waals surface area contributed by atoms with E-state index in [2.05, 4.69) is 19.2 Å². The van der Waals surface area contributed by atoms with Crippen molar-refractivity contribution < 1.29 is 5.11 Å². The number of aromatic hydroxyl groups is 1. The van der Waals surface area contributed by atoms with E-state index >= 15 is 0 Å². The van der Waals surface area contributed by atoms with Gasteiger partial charge in [-0.2, -0.15) is 0 Å². The fourth-order valence-corrected chi connectivity index (χ4v) is 3.32. The van der Waals surface area contributed by atoms with Crippen molar-refractivity contribution in [1.82, 2.24) is 5.32 Å². The lowest BCUT2D eigenvalue weighted by atomic mass is 9.83. The second-order valence-corrected chi connectivity index (χ2v) is 5.99. The van der Waals surface area contributed by atoms with E-state index in [0.717, 1.165) is 13.0 Å². The molecule has 1 aliphatic rings. The molecule has 1 saturated carbocycles. The van der Waals surface area contributed by atoms with Gasteiger partial charge in [-0.1, -0.05) is 38.8 Å². The molecule has 1 aromatic rings. The fraction of sp³-hybridized carbons (Fsp3) is 0.647. The monoisotopic (exact) mass is 261 g/mol. The molecular weight excluding hydrogens is 234 g/mol. The van der Waals surface area contributed by atoms with Gasteiger partial charge in [0.2, 0.25) is 0 Å². The highest BCUT2D eigenvalue weighted by Gasteiger charge is 2.32. The maximum atomic E-state index is 9.37. The van der Waals surface area contributed by atoms with Gasteiger partial charge in [-0.25, -0.2) is 0 Å². The molecule has 1 fully saturated rings. The summed E-state index contributed by atoms with van der Waals surface area (Å²) >= 11 is 0. The molecule has 1 aliphatic carbocycles. The number of nitrogens with one attached hydrogen (secondary N) is 1. The third-order valence-corrected chi connectivity index (χ3v) is 4.84. The number of phenolic OH excluding ortho intramolecular Hbond substituents is 1. The van der Waals surface area contributed by atoms with Crippen LogP contribution in [-0.2, 0) is 0 Å². The lowest BCUT2D eigenvalue weighted by Crippen LogP contribution is -2.34. The second-order valence-electron chi connectivity index (χ2n) is 5.99. The molecule has 0 radical (unpaired) electrons. The first-order valence-electron chi connectivity index (χ1n) is 7.71. The van der Waals surface area contributed by atoms with Crippen LogP contribution in [0.2, 0.25) is 0 Å². The Morgan fingerprint density at radius 3 is 2.32 bits per heavy atom. The maximum absolute atomic E-state index is 9.37. The fourth-order valence-electron chi connectivity index (χ4n) is 3.32. The topological polar surface area (TPSA) is 32.3 Å². The van der Waals surface area contributed by atoms with Crippen LogP contribution in [0.1, 0.15) is 64.0 Å². The molecule has 2 heteroatoms. The van der Waals surface area contributed by atoms with Crippen LogP contribution in [-0.4, -0.2) is 11.7 Å². The standard InChI is InChI=1S/C17H27NO/c1-3-16(14-7-9-15(19)10-8-14)18-13-17(4-2)11-5-6-12-17/h7-10,16,18-19H,3-6,11-13H2,1-2H3. The molecule has 0 spiro atoms. The summed E-state index contributed by atoms with van der Waals surface area (Å²) in [5.74, 6) is 0.347. The molecule has 0 aromatic heterocycles. The molecule has 0 heterocycles. The lowest BCUT2D eigenvalue weighted by Gasteiger charge is -2.30. The molecule has 0 bridgehead atoms. The SMILES string of the molecule is CCC(NCC1(CC)CCCC1)c1ccc(O)cc1. The van der Waals surface area contributed by atoms with Crippen LogP contribution in [0.4, 0.5) is 0 Å². The predicted octanol–water partition coefficient (Wildman–Crippen LogP) is 4.40. The highest BCUT2D eigenvalue weighted by Crippen LogP contribution is 2.40. The van der Waals surface area contributed by atoms with E-state index in [4.69, 9.17) is 0 Å². The van der Waals surface area contributed by atoms with Crippen LogP contribution < -0.4 is 5.32 Å². The molecule has 2 nitrogen and oxygen atoms in total. The Hall–Kier alpha value is -1.02. The van der Waals surface area contributed by atoms with E-state index in [1.165, 1.54) is 37.7 Å². The molecule has 106 valence electrons. The number of rotatable bonds is 6. The van der Waals surface area contributed by atoms with Gasteiger partial charge in [0.05, 0.1) is 0 Å². The van der Waals surface area contributed by atoms with Crippen molar-refractivity contribution >= 4 is 0 Å².